The van der Waals surface area contributed by atoms with E-state index in [4.69, 9.17) is 0 Å². The van der Waals surface area contributed by atoms with Crippen LogP contribution in [0.25, 0.3) is 11.0 Å². The number of hydrogen-bond acceptors (Lipinski definition) is 1. The minimum absolute atomic E-state index is 0.0250. The summed E-state index contributed by atoms with van der Waals surface area (Å²) in [5.74, 6) is -0.875. The fourth-order valence-corrected chi connectivity index (χ4v) is 1.98. The van der Waals surface area contributed by atoms with E-state index >= 15 is 0 Å². The molecule has 0 unspecified atom stereocenters. The number of halogens is 6. The maximum Gasteiger partial charge on any atom is 0.406 e. The maximum absolute atomic E-state index is 12.7. The summed E-state index contributed by atoms with van der Waals surface area (Å²) in [5.41, 5.74) is 0.134. The molecule has 0 aliphatic heterocycles. The van der Waals surface area contributed by atoms with Crippen LogP contribution in [0.1, 0.15) is 12.2 Å². The van der Waals surface area contributed by atoms with E-state index in [0.29, 0.717) is 9.04 Å². The highest BCUT2D eigenvalue weighted by Crippen LogP contribution is 2.29. The van der Waals surface area contributed by atoms with Crippen LogP contribution in [0, 0.1) is 0 Å². The van der Waals surface area contributed by atoms with Crippen LogP contribution in [-0.4, -0.2) is 15.7 Å². The van der Waals surface area contributed by atoms with Gasteiger partial charge in [0.15, 0.2) is 5.82 Å². The predicted molar refractivity (Wildman–Crippen MR) is 58.4 cm³/mol. The summed E-state index contributed by atoms with van der Waals surface area (Å²) in [5, 5.41) is 0. The van der Waals surface area contributed by atoms with Crippen molar-refractivity contribution in [2.75, 3.05) is 0 Å². The molecule has 1 aromatic heterocycles. The molecule has 0 saturated heterocycles. The zero-order valence-electron chi connectivity index (χ0n) is 8.68. The van der Waals surface area contributed by atoms with Crippen LogP contribution in [0.2, 0.25) is 0 Å². The number of aromatic nitrogens is 2. The van der Waals surface area contributed by atoms with E-state index in [0.717, 1.165) is 0 Å². The molecule has 1 heterocycles. The largest absolute Gasteiger partial charge is 0.406 e. The molecule has 2 nitrogen and oxygen atoms in total. The molecule has 0 fully saturated rings. The van der Waals surface area contributed by atoms with Gasteiger partial charge in [-0.3, -0.25) is 0 Å². The first-order valence-electron chi connectivity index (χ1n) is 4.78. The van der Waals surface area contributed by atoms with Crippen molar-refractivity contribution in [1.29, 1.82) is 0 Å². The second-order valence-electron chi connectivity index (χ2n) is 3.61. The molecule has 2 aromatic rings. The molecule has 98 valence electrons. The minimum atomic E-state index is -4.58. The summed E-state index contributed by atoms with van der Waals surface area (Å²) in [7, 11) is 0. The van der Waals surface area contributed by atoms with E-state index in [2.05, 4.69) is 20.9 Å². The number of alkyl halides is 5. The van der Waals surface area contributed by atoms with Gasteiger partial charge in [-0.1, -0.05) is 15.9 Å². The Morgan fingerprint density at radius 3 is 2.50 bits per heavy atom. The summed E-state index contributed by atoms with van der Waals surface area (Å²) in [6, 6.07) is 4.25. The highest BCUT2D eigenvalue weighted by Gasteiger charge is 2.32. The summed E-state index contributed by atoms with van der Waals surface area (Å²) in [4.78, 5) is 3.53. The number of nitrogens with zero attached hydrogens (tertiary/aromatic N) is 2. The third kappa shape index (κ3) is 2.63. The van der Waals surface area contributed by atoms with Gasteiger partial charge in [0.2, 0.25) is 0 Å². The Balaban J connectivity index is 2.64. The number of rotatable bonds is 2. The van der Waals surface area contributed by atoms with Crippen LogP contribution in [0.5, 0.6) is 0 Å². The van der Waals surface area contributed by atoms with Crippen molar-refractivity contribution in [2.45, 2.75) is 19.1 Å². The average Bonchev–Trinajstić information content (AvgIpc) is 2.55. The standard InChI is InChI=1S/C10H6BrF5N2/c11-5-1-2-6-7(3-5)18(4-10(14,15)16)9(17-6)8(12)13/h1-3,8H,4H2. The smallest absolute Gasteiger partial charge is 0.314 e. The van der Waals surface area contributed by atoms with Gasteiger partial charge in [0.1, 0.15) is 6.54 Å². The molecule has 0 amide bonds. The molecule has 0 N–H and O–H groups in total. The molecule has 18 heavy (non-hydrogen) atoms. The normalized spacial score (nSPS) is 12.6. The van der Waals surface area contributed by atoms with Gasteiger partial charge in [-0.05, 0) is 18.2 Å². The fourth-order valence-electron chi connectivity index (χ4n) is 1.63. The number of benzene rings is 1. The zero-order chi connectivity index (χ0) is 13.5. The van der Waals surface area contributed by atoms with E-state index < -0.39 is 25.0 Å². The molecule has 0 aliphatic rings. The topological polar surface area (TPSA) is 17.8 Å². The van der Waals surface area contributed by atoms with Gasteiger partial charge in [0, 0.05) is 4.47 Å². The first-order chi connectivity index (χ1) is 8.28. The molecule has 0 aliphatic carbocycles. The van der Waals surface area contributed by atoms with E-state index in [-0.39, 0.29) is 11.0 Å². The second-order valence-corrected chi connectivity index (χ2v) is 4.52. The molecule has 8 heteroatoms. The lowest BCUT2D eigenvalue weighted by molar-refractivity contribution is -0.141. The molecular weight excluding hydrogens is 323 g/mol. The lowest BCUT2D eigenvalue weighted by Gasteiger charge is -2.11. The minimum Gasteiger partial charge on any atom is -0.314 e. The third-order valence-electron chi connectivity index (χ3n) is 2.27. The van der Waals surface area contributed by atoms with Gasteiger partial charge in [0.25, 0.3) is 6.43 Å². The van der Waals surface area contributed by atoms with Gasteiger partial charge < -0.3 is 4.57 Å². The van der Waals surface area contributed by atoms with Crippen molar-refractivity contribution in [1.82, 2.24) is 9.55 Å². The van der Waals surface area contributed by atoms with Crippen LogP contribution in [-0.2, 0) is 6.54 Å². The van der Waals surface area contributed by atoms with Gasteiger partial charge >= 0.3 is 6.18 Å². The zero-order valence-corrected chi connectivity index (χ0v) is 10.3. The molecule has 0 bridgehead atoms. The van der Waals surface area contributed by atoms with Gasteiger partial charge in [0.05, 0.1) is 11.0 Å². The lowest BCUT2D eigenvalue weighted by atomic mass is 10.3. The van der Waals surface area contributed by atoms with E-state index in [1.54, 1.807) is 0 Å². The molecule has 0 radical (unpaired) electrons. The number of fused-ring (bicyclic) bond motifs is 1. The molecular formula is C10H6BrF5N2. The number of hydrogen-bond donors (Lipinski definition) is 0. The van der Waals surface area contributed by atoms with Crippen molar-refractivity contribution in [3.8, 4) is 0 Å². The second kappa shape index (κ2) is 4.49. The van der Waals surface area contributed by atoms with Gasteiger partial charge in [-0.15, -0.1) is 0 Å². The fraction of sp³-hybridized carbons (Fsp3) is 0.300. The third-order valence-corrected chi connectivity index (χ3v) is 2.77. The molecule has 0 atom stereocenters. The van der Waals surface area contributed by atoms with Crippen LogP contribution >= 0.6 is 15.9 Å². The van der Waals surface area contributed by atoms with Crippen LogP contribution in [0.4, 0.5) is 22.0 Å². The first kappa shape index (κ1) is 13.3. The number of imidazole rings is 1. The van der Waals surface area contributed by atoms with Crippen molar-refractivity contribution in [3.63, 3.8) is 0 Å². The van der Waals surface area contributed by atoms with E-state index in [1.807, 2.05) is 0 Å². The highest BCUT2D eigenvalue weighted by atomic mass is 79.9. The summed E-state index contributed by atoms with van der Waals surface area (Å²) >= 11 is 3.08. The molecule has 1 aromatic carbocycles. The Morgan fingerprint density at radius 1 is 1.28 bits per heavy atom. The Labute approximate surface area is 107 Å². The van der Waals surface area contributed by atoms with Crippen molar-refractivity contribution in [3.05, 3.63) is 28.5 Å². The predicted octanol–water partition coefficient (Wildman–Crippen LogP) is 4.30. The van der Waals surface area contributed by atoms with Crippen molar-refractivity contribution < 1.29 is 22.0 Å². The summed E-state index contributed by atoms with van der Waals surface area (Å²) in [6.45, 7) is -1.49. The molecule has 0 spiro atoms. The Morgan fingerprint density at radius 2 is 1.94 bits per heavy atom. The van der Waals surface area contributed by atoms with Crippen LogP contribution < -0.4 is 0 Å². The maximum atomic E-state index is 12.7. The molecule has 0 saturated carbocycles. The van der Waals surface area contributed by atoms with Crippen LogP contribution in [0.3, 0.4) is 0 Å². The summed E-state index contributed by atoms with van der Waals surface area (Å²) in [6.07, 6.45) is -7.64. The van der Waals surface area contributed by atoms with Gasteiger partial charge in [-0.2, -0.15) is 13.2 Å². The van der Waals surface area contributed by atoms with Crippen LogP contribution in [0.15, 0.2) is 22.7 Å². The monoisotopic (exact) mass is 328 g/mol. The first-order valence-corrected chi connectivity index (χ1v) is 5.58. The van der Waals surface area contributed by atoms with Crippen molar-refractivity contribution >= 4 is 27.0 Å². The lowest BCUT2D eigenvalue weighted by Crippen LogP contribution is -2.19. The Hall–Kier alpha value is -1.18. The summed E-state index contributed by atoms with van der Waals surface area (Å²) < 4.78 is 63.5. The van der Waals surface area contributed by atoms with E-state index in [1.165, 1.54) is 18.2 Å². The van der Waals surface area contributed by atoms with Gasteiger partial charge in [-0.25, -0.2) is 13.8 Å². The Kier molecular flexibility index (Phi) is 3.31. The Bertz CT molecular complexity index is 575. The van der Waals surface area contributed by atoms with E-state index in [9.17, 15) is 22.0 Å². The molecule has 2 rings (SSSR count). The quantitative estimate of drug-likeness (QED) is 0.751. The average molecular weight is 329 g/mol. The van der Waals surface area contributed by atoms with Crippen molar-refractivity contribution in [2.24, 2.45) is 0 Å². The SMILES string of the molecule is FC(F)c1nc2ccc(Br)cc2n1CC(F)(F)F. The highest BCUT2D eigenvalue weighted by molar-refractivity contribution is 9.10.